The second-order valence-electron chi connectivity index (χ2n) is 5.96. The molecular weight excluding hydrogens is 277 g/mol. The molecule has 2 nitrogen and oxygen atoms in total. The third-order valence-corrected chi connectivity index (χ3v) is 4.28. The second-order valence-corrected chi connectivity index (χ2v) is 5.96. The molecule has 0 spiro atoms. The van der Waals surface area contributed by atoms with Gasteiger partial charge in [-0.3, -0.25) is 4.79 Å². The molecule has 0 aliphatic carbocycles. The van der Waals surface area contributed by atoms with Gasteiger partial charge in [-0.1, -0.05) is 42.0 Å². The van der Waals surface area contributed by atoms with Crippen LogP contribution in [0.1, 0.15) is 35.6 Å². The van der Waals surface area contributed by atoms with Crippen molar-refractivity contribution < 1.29 is 9.18 Å². The molecule has 0 N–H and O–H groups in total. The Morgan fingerprint density at radius 2 is 2.00 bits per heavy atom. The molecule has 0 saturated carbocycles. The summed E-state index contributed by atoms with van der Waals surface area (Å²) < 4.78 is 13.2. The highest BCUT2D eigenvalue weighted by atomic mass is 19.1. The highest BCUT2D eigenvalue weighted by Gasteiger charge is 2.29. The summed E-state index contributed by atoms with van der Waals surface area (Å²) in [5, 5.41) is 0. The van der Waals surface area contributed by atoms with E-state index in [-0.39, 0.29) is 24.2 Å². The minimum Gasteiger partial charge on any atom is -0.335 e. The smallest absolute Gasteiger partial charge is 0.227 e. The Morgan fingerprint density at radius 1 is 1.23 bits per heavy atom. The molecule has 1 saturated heterocycles. The molecule has 3 rings (SSSR count). The molecule has 3 heteroatoms. The molecule has 1 atom stereocenters. The van der Waals surface area contributed by atoms with Gasteiger partial charge in [0, 0.05) is 6.54 Å². The van der Waals surface area contributed by atoms with E-state index in [0.717, 1.165) is 24.9 Å². The minimum atomic E-state index is -0.290. The van der Waals surface area contributed by atoms with Gasteiger partial charge in [-0.25, -0.2) is 4.39 Å². The number of nitrogens with zero attached hydrogens (tertiary/aromatic N) is 1. The van der Waals surface area contributed by atoms with E-state index < -0.39 is 0 Å². The Bertz CT molecular complexity index is 665. The van der Waals surface area contributed by atoms with Crippen LogP contribution in [0.25, 0.3) is 0 Å². The van der Waals surface area contributed by atoms with Gasteiger partial charge in [-0.05, 0) is 43.0 Å². The van der Waals surface area contributed by atoms with Crippen molar-refractivity contribution in [3.8, 4) is 0 Å². The Hall–Kier alpha value is -2.16. The summed E-state index contributed by atoms with van der Waals surface area (Å²) in [5.74, 6) is -0.213. The first-order valence-electron chi connectivity index (χ1n) is 7.74. The largest absolute Gasteiger partial charge is 0.335 e. The Morgan fingerprint density at radius 3 is 2.73 bits per heavy atom. The summed E-state index contributed by atoms with van der Waals surface area (Å²) in [6.07, 6.45) is 2.28. The number of hydrogen-bond donors (Lipinski definition) is 0. The quantitative estimate of drug-likeness (QED) is 0.837. The molecule has 22 heavy (non-hydrogen) atoms. The summed E-state index contributed by atoms with van der Waals surface area (Å²) in [7, 11) is 0. The van der Waals surface area contributed by atoms with Gasteiger partial charge in [0.05, 0.1) is 12.5 Å². The average Bonchev–Trinajstić information content (AvgIpc) is 2.97. The molecule has 1 aliphatic rings. The van der Waals surface area contributed by atoms with E-state index in [0.29, 0.717) is 0 Å². The molecule has 2 aromatic rings. The highest BCUT2D eigenvalue weighted by Crippen LogP contribution is 2.32. The van der Waals surface area contributed by atoms with Gasteiger partial charge >= 0.3 is 0 Å². The Kier molecular flexibility index (Phi) is 4.23. The van der Waals surface area contributed by atoms with Crippen LogP contribution in [0.2, 0.25) is 0 Å². The molecule has 1 aliphatic heterocycles. The Balaban J connectivity index is 1.75. The van der Waals surface area contributed by atoms with Crippen molar-refractivity contribution >= 4 is 5.91 Å². The van der Waals surface area contributed by atoms with Crippen LogP contribution in [0.5, 0.6) is 0 Å². The number of rotatable bonds is 3. The second kappa shape index (κ2) is 6.30. The van der Waals surface area contributed by atoms with Crippen molar-refractivity contribution in [2.75, 3.05) is 6.54 Å². The fourth-order valence-electron chi connectivity index (χ4n) is 3.12. The maximum atomic E-state index is 13.2. The standard InChI is InChI=1S/C19H20FNO/c1-14-7-9-16(10-8-14)18-6-3-11-21(18)19(22)13-15-4-2-5-17(20)12-15/h2,4-5,7-10,12,18H,3,6,11,13H2,1H3/t18-/m1/s1. The average molecular weight is 297 g/mol. The van der Waals surface area contributed by atoms with Gasteiger partial charge in [-0.2, -0.15) is 0 Å². The summed E-state index contributed by atoms with van der Waals surface area (Å²) in [6, 6.07) is 14.8. The first-order chi connectivity index (χ1) is 10.6. The third-order valence-electron chi connectivity index (χ3n) is 4.28. The topological polar surface area (TPSA) is 20.3 Å². The van der Waals surface area contributed by atoms with Crippen molar-refractivity contribution in [3.63, 3.8) is 0 Å². The lowest BCUT2D eigenvalue weighted by molar-refractivity contribution is -0.131. The summed E-state index contributed by atoms with van der Waals surface area (Å²) in [5.41, 5.74) is 3.15. The first-order valence-corrected chi connectivity index (χ1v) is 7.74. The van der Waals surface area contributed by atoms with Gasteiger partial charge < -0.3 is 4.90 Å². The predicted octanol–water partition coefficient (Wildman–Crippen LogP) is 4.04. The van der Waals surface area contributed by atoms with Crippen LogP contribution in [0, 0.1) is 12.7 Å². The highest BCUT2D eigenvalue weighted by molar-refractivity contribution is 5.79. The Labute approximate surface area is 130 Å². The third kappa shape index (κ3) is 3.19. The summed E-state index contributed by atoms with van der Waals surface area (Å²) >= 11 is 0. The number of aryl methyl sites for hydroxylation is 1. The van der Waals surface area contributed by atoms with Gasteiger partial charge in [-0.15, -0.1) is 0 Å². The van der Waals surface area contributed by atoms with E-state index >= 15 is 0 Å². The predicted molar refractivity (Wildman–Crippen MR) is 85.0 cm³/mol. The number of hydrogen-bond acceptors (Lipinski definition) is 1. The lowest BCUT2D eigenvalue weighted by Gasteiger charge is -2.25. The summed E-state index contributed by atoms with van der Waals surface area (Å²) in [6.45, 7) is 2.85. The van der Waals surface area contributed by atoms with E-state index in [1.165, 1.54) is 23.3 Å². The van der Waals surface area contributed by atoms with Crippen LogP contribution in [0.4, 0.5) is 4.39 Å². The van der Waals surface area contributed by atoms with E-state index in [9.17, 15) is 9.18 Å². The number of carbonyl (C=O) groups excluding carboxylic acids is 1. The van der Waals surface area contributed by atoms with Crippen molar-refractivity contribution in [3.05, 3.63) is 71.0 Å². The van der Waals surface area contributed by atoms with Crippen molar-refractivity contribution in [2.45, 2.75) is 32.2 Å². The molecule has 0 aromatic heterocycles. The fourth-order valence-corrected chi connectivity index (χ4v) is 3.12. The molecule has 0 bridgehead atoms. The number of halogens is 1. The van der Waals surface area contributed by atoms with Crippen LogP contribution >= 0.6 is 0 Å². The van der Waals surface area contributed by atoms with E-state index in [2.05, 4.69) is 31.2 Å². The van der Waals surface area contributed by atoms with Crippen LogP contribution < -0.4 is 0 Å². The maximum absolute atomic E-state index is 13.2. The molecule has 0 radical (unpaired) electrons. The van der Waals surface area contributed by atoms with E-state index in [4.69, 9.17) is 0 Å². The number of carbonyl (C=O) groups is 1. The van der Waals surface area contributed by atoms with Crippen LogP contribution in [-0.2, 0) is 11.2 Å². The zero-order valence-corrected chi connectivity index (χ0v) is 12.8. The molecule has 1 amide bonds. The zero-order chi connectivity index (χ0) is 15.5. The molecule has 114 valence electrons. The molecule has 1 fully saturated rings. The summed E-state index contributed by atoms with van der Waals surface area (Å²) in [4.78, 5) is 14.5. The van der Waals surface area contributed by atoms with Gasteiger partial charge in [0.15, 0.2) is 0 Å². The number of likely N-dealkylation sites (tertiary alicyclic amines) is 1. The molecular formula is C19H20FNO. The minimum absolute atomic E-state index is 0.0775. The van der Waals surface area contributed by atoms with Crippen LogP contribution in [0.15, 0.2) is 48.5 Å². The molecule has 1 heterocycles. The van der Waals surface area contributed by atoms with E-state index in [1.54, 1.807) is 12.1 Å². The van der Waals surface area contributed by atoms with Crippen LogP contribution in [-0.4, -0.2) is 17.4 Å². The lowest BCUT2D eigenvalue weighted by atomic mass is 10.0. The zero-order valence-electron chi connectivity index (χ0n) is 12.8. The molecule has 0 unspecified atom stereocenters. The van der Waals surface area contributed by atoms with Crippen molar-refractivity contribution in [2.24, 2.45) is 0 Å². The van der Waals surface area contributed by atoms with E-state index in [1.807, 2.05) is 4.90 Å². The maximum Gasteiger partial charge on any atom is 0.227 e. The van der Waals surface area contributed by atoms with Gasteiger partial charge in [0.2, 0.25) is 5.91 Å². The van der Waals surface area contributed by atoms with Crippen molar-refractivity contribution in [1.82, 2.24) is 4.90 Å². The fraction of sp³-hybridized carbons (Fsp3) is 0.316. The molecule has 2 aromatic carbocycles. The van der Waals surface area contributed by atoms with Crippen molar-refractivity contribution in [1.29, 1.82) is 0 Å². The SMILES string of the molecule is Cc1ccc([C@H]2CCCN2C(=O)Cc2cccc(F)c2)cc1. The number of amides is 1. The monoisotopic (exact) mass is 297 g/mol. The van der Waals surface area contributed by atoms with Crippen LogP contribution in [0.3, 0.4) is 0 Å². The van der Waals surface area contributed by atoms with Gasteiger partial charge in [0.25, 0.3) is 0 Å². The normalized spacial score (nSPS) is 17.7. The lowest BCUT2D eigenvalue weighted by Crippen LogP contribution is -2.31. The van der Waals surface area contributed by atoms with Gasteiger partial charge in [0.1, 0.15) is 5.82 Å². The number of benzene rings is 2. The first kappa shape index (κ1) is 14.8.